The van der Waals surface area contributed by atoms with Crippen molar-refractivity contribution in [1.82, 2.24) is 9.55 Å². The van der Waals surface area contributed by atoms with Crippen LogP contribution in [0.3, 0.4) is 0 Å². The summed E-state index contributed by atoms with van der Waals surface area (Å²) < 4.78 is 28.1. The van der Waals surface area contributed by atoms with E-state index in [0.29, 0.717) is 22.3 Å². The van der Waals surface area contributed by atoms with Crippen LogP contribution in [0.15, 0.2) is 53.7 Å². The highest BCUT2D eigenvalue weighted by molar-refractivity contribution is 7.90. The van der Waals surface area contributed by atoms with E-state index >= 15 is 0 Å². The number of benzene rings is 2. The monoisotopic (exact) mass is 482 g/mol. The summed E-state index contributed by atoms with van der Waals surface area (Å²) in [5.41, 5.74) is 7.68. The van der Waals surface area contributed by atoms with Gasteiger partial charge in [-0.2, -0.15) is 0 Å². The van der Waals surface area contributed by atoms with E-state index in [4.69, 9.17) is 5.73 Å². The van der Waals surface area contributed by atoms with E-state index in [-0.39, 0.29) is 35.7 Å². The van der Waals surface area contributed by atoms with Gasteiger partial charge in [0, 0.05) is 31.6 Å². The number of aromatic nitrogens is 2. The Morgan fingerprint density at radius 2 is 1.79 bits per heavy atom. The van der Waals surface area contributed by atoms with Crippen LogP contribution in [0.25, 0.3) is 11.0 Å². The smallest absolute Gasteiger partial charge is 0.229 e. The van der Waals surface area contributed by atoms with Gasteiger partial charge in [-0.3, -0.25) is 9.59 Å². The predicted molar refractivity (Wildman–Crippen MR) is 131 cm³/mol. The summed E-state index contributed by atoms with van der Waals surface area (Å²) in [6.07, 6.45) is 5.08. The molecular formula is C25H30N4O4S. The zero-order valence-corrected chi connectivity index (χ0v) is 20.1. The highest BCUT2D eigenvalue weighted by atomic mass is 32.2. The Morgan fingerprint density at radius 1 is 1.09 bits per heavy atom. The quantitative estimate of drug-likeness (QED) is 0.528. The molecule has 34 heavy (non-hydrogen) atoms. The second-order valence-corrected chi connectivity index (χ2v) is 10.8. The molecule has 0 spiro atoms. The average Bonchev–Trinajstić information content (AvgIpc) is 3.21. The van der Waals surface area contributed by atoms with E-state index in [1.165, 1.54) is 11.0 Å². The largest absolute Gasteiger partial charge is 0.370 e. The number of nitrogens with zero attached hydrogens (tertiary/aromatic N) is 3. The summed E-state index contributed by atoms with van der Waals surface area (Å²) in [5, 5.41) is -0.106. The molecule has 4 rings (SSSR count). The van der Waals surface area contributed by atoms with Gasteiger partial charge in [-0.05, 0) is 36.6 Å². The average molecular weight is 483 g/mol. The lowest BCUT2D eigenvalue weighted by molar-refractivity contribution is -0.123. The SMILES string of the molecule is CN(C(=O)C1CCCCC1)c1ccc2c(c1)nc(S(=O)(=O)Cc1ccccc1)n2CCC(N)=O. The summed E-state index contributed by atoms with van der Waals surface area (Å²) >= 11 is 0. The van der Waals surface area contributed by atoms with Crippen molar-refractivity contribution in [3.63, 3.8) is 0 Å². The molecule has 0 atom stereocenters. The van der Waals surface area contributed by atoms with Crippen molar-refractivity contribution >= 4 is 38.4 Å². The number of hydrogen-bond acceptors (Lipinski definition) is 5. The Balaban J connectivity index is 1.71. The molecule has 1 saturated carbocycles. The van der Waals surface area contributed by atoms with E-state index in [9.17, 15) is 18.0 Å². The summed E-state index contributed by atoms with van der Waals surface area (Å²) in [6, 6.07) is 14.2. The number of nitrogens with two attached hydrogens (primary N) is 1. The number of amides is 2. The molecule has 1 aliphatic rings. The minimum absolute atomic E-state index is 0.0128. The maximum Gasteiger partial charge on any atom is 0.229 e. The first-order chi connectivity index (χ1) is 16.3. The lowest BCUT2D eigenvalue weighted by Gasteiger charge is -2.26. The van der Waals surface area contributed by atoms with E-state index in [1.54, 1.807) is 54.4 Å². The highest BCUT2D eigenvalue weighted by Crippen LogP contribution is 2.30. The van der Waals surface area contributed by atoms with E-state index in [2.05, 4.69) is 4.98 Å². The second kappa shape index (κ2) is 9.97. The fourth-order valence-electron chi connectivity index (χ4n) is 4.59. The van der Waals surface area contributed by atoms with Gasteiger partial charge < -0.3 is 15.2 Å². The maximum absolute atomic E-state index is 13.3. The fourth-order valence-corrected chi connectivity index (χ4v) is 6.11. The Labute approximate surface area is 199 Å². The van der Waals surface area contributed by atoms with E-state index < -0.39 is 15.7 Å². The van der Waals surface area contributed by atoms with Crippen molar-refractivity contribution in [3.8, 4) is 0 Å². The number of fused-ring (bicyclic) bond motifs is 1. The van der Waals surface area contributed by atoms with Crippen LogP contribution in [-0.4, -0.2) is 36.8 Å². The van der Waals surface area contributed by atoms with E-state index in [1.807, 2.05) is 6.07 Å². The van der Waals surface area contributed by atoms with Crippen LogP contribution in [0.1, 0.15) is 44.1 Å². The van der Waals surface area contributed by atoms with Gasteiger partial charge in [-0.25, -0.2) is 13.4 Å². The number of rotatable bonds is 8. The number of imidazole rings is 1. The Morgan fingerprint density at radius 3 is 2.47 bits per heavy atom. The molecular weight excluding hydrogens is 452 g/mol. The lowest BCUT2D eigenvalue weighted by atomic mass is 9.88. The molecule has 180 valence electrons. The zero-order valence-electron chi connectivity index (χ0n) is 19.3. The topological polar surface area (TPSA) is 115 Å². The maximum atomic E-state index is 13.3. The van der Waals surface area contributed by atoms with Gasteiger partial charge in [-0.15, -0.1) is 0 Å². The summed E-state index contributed by atoms with van der Waals surface area (Å²) in [4.78, 5) is 30.5. The number of carbonyl (C=O) groups is 2. The van der Waals surface area contributed by atoms with Gasteiger partial charge in [0.1, 0.15) is 0 Å². The van der Waals surface area contributed by atoms with Crippen molar-refractivity contribution in [3.05, 3.63) is 54.1 Å². The van der Waals surface area contributed by atoms with Crippen LogP contribution < -0.4 is 10.6 Å². The molecule has 0 saturated heterocycles. The number of aryl methyl sites for hydroxylation is 1. The summed E-state index contributed by atoms with van der Waals surface area (Å²) in [6.45, 7) is 0.103. The van der Waals surface area contributed by atoms with Gasteiger partial charge in [0.25, 0.3) is 0 Å². The van der Waals surface area contributed by atoms with Gasteiger partial charge in [0.05, 0.1) is 16.8 Å². The molecule has 2 N–H and O–H groups in total. The molecule has 1 heterocycles. The number of carbonyl (C=O) groups excluding carboxylic acids is 2. The Kier molecular flexibility index (Phi) is 7.02. The Bertz CT molecular complexity index is 1300. The third kappa shape index (κ3) is 5.14. The first kappa shape index (κ1) is 23.9. The van der Waals surface area contributed by atoms with Crippen molar-refractivity contribution < 1.29 is 18.0 Å². The van der Waals surface area contributed by atoms with Gasteiger partial charge in [0.15, 0.2) is 0 Å². The fraction of sp³-hybridized carbons (Fsp3) is 0.400. The molecule has 2 amide bonds. The molecule has 9 heteroatoms. The van der Waals surface area contributed by atoms with Crippen LogP contribution in [0.5, 0.6) is 0 Å². The van der Waals surface area contributed by atoms with Crippen molar-refractivity contribution in [1.29, 1.82) is 0 Å². The predicted octanol–water partition coefficient (Wildman–Crippen LogP) is 3.43. The molecule has 1 aliphatic carbocycles. The third-order valence-electron chi connectivity index (χ3n) is 6.43. The number of anilines is 1. The molecule has 0 unspecified atom stereocenters. The lowest BCUT2D eigenvalue weighted by Crippen LogP contribution is -2.33. The third-order valence-corrected chi connectivity index (χ3v) is 8.01. The van der Waals surface area contributed by atoms with Crippen LogP contribution in [0.2, 0.25) is 0 Å². The van der Waals surface area contributed by atoms with E-state index in [0.717, 1.165) is 25.7 Å². The second-order valence-electron chi connectivity index (χ2n) is 8.91. The first-order valence-corrected chi connectivity index (χ1v) is 13.2. The van der Waals surface area contributed by atoms with Gasteiger partial charge in [-0.1, -0.05) is 49.6 Å². The van der Waals surface area contributed by atoms with Crippen molar-refractivity contribution in [2.45, 2.75) is 56.0 Å². The summed E-state index contributed by atoms with van der Waals surface area (Å²) in [5.74, 6) is -0.642. The highest BCUT2D eigenvalue weighted by Gasteiger charge is 2.27. The molecule has 0 radical (unpaired) electrons. The van der Waals surface area contributed by atoms with Crippen molar-refractivity contribution in [2.75, 3.05) is 11.9 Å². The molecule has 3 aromatic rings. The molecule has 2 aromatic carbocycles. The minimum Gasteiger partial charge on any atom is -0.370 e. The standard InChI is InChI=1S/C25H30N4O4S/c1-28(24(31)19-10-6-3-7-11-19)20-12-13-22-21(16-20)27-25(29(22)15-14-23(26)30)34(32,33)17-18-8-4-2-5-9-18/h2,4-5,8-9,12-13,16,19H,3,6-7,10-11,14-15,17H2,1H3,(H2,26,30). The summed E-state index contributed by atoms with van der Waals surface area (Å²) in [7, 11) is -2.06. The van der Waals surface area contributed by atoms with Crippen LogP contribution in [-0.2, 0) is 31.7 Å². The number of sulfone groups is 1. The molecule has 0 bridgehead atoms. The van der Waals surface area contributed by atoms with Gasteiger partial charge in [0.2, 0.25) is 26.8 Å². The van der Waals surface area contributed by atoms with Crippen LogP contribution in [0, 0.1) is 5.92 Å². The van der Waals surface area contributed by atoms with Crippen LogP contribution >= 0.6 is 0 Å². The molecule has 0 aliphatic heterocycles. The number of hydrogen-bond donors (Lipinski definition) is 1. The Hall–Kier alpha value is -3.20. The first-order valence-electron chi connectivity index (χ1n) is 11.6. The normalized spacial score (nSPS) is 14.9. The molecule has 1 aromatic heterocycles. The van der Waals surface area contributed by atoms with Crippen molar-refractivity contribution in [2.24, 2.45) is 11.7 Å². The zero-order chi connectivity index (χ0) is 24.3. The van der Waals surface area contributed by atoms with Gasteiger partial charge >= 0.3 is 0 Å². The number of primary amides is 1. The van der Waals surface area contributed by atoms with Crippen LogP contribution in [0.4, 0.5) is 5.69 Å². The molecule has 1 fully saturated rings. The molecule has 8 nitrogen and oxygen atoms in total. The minimum atomic E-state index is -3.80.